The molecule has 4 unspecified atom stereocenters. The van der Waals surface area contributed by atoms with Crippen molar-refractivity contribution in [2.75, 3.05) is 39.9 Å². The van der Waals surface area contributed by atoms with Crippen LogP contribution in [0.15, 0.2) is 0 Å². The molecule has 1 amide bonds. The molecule has 3 rings (SSSR count). The summed E-state index contributed by atoms with van der Waals surface area (Å²) in [6.45, 7) is 4.03. The third-order valence-corrected chi connectivity index (χ3v) is 5.10. The molecule has 108 valence electrons. The summed E-state index contributed by atoms with van der Waals surface area (Å²) in [5, 5.41) is 0. The smallest absolute Gasteiger partial charge is 0.229 e. The fourth-order valence-corrected chi connectivity index (χ4v) is 3.91. The van der Waals surface area contributed by atoms with Crippen LogP contribution in [-0.2, 0) is 9.53 Å². The minimum absolute atomic E-state index is 0.112. The molecule has 2 N–H and O–H groups in total. The van der Waals surface area contributed by atoms with Crippen LogP contribution in [-0.4, -0.2) is 67.7 Å². The Hall–Kier alpha value is -0.650. The zero-order valence-electron chi connectivity index (χ0n) is 11.8. The van der Waals surface area contributed by atoms with Gasteiger partial charge in [-0.1, -0.05) is 0 Å². The van der Waals surface area contributed by atoms with E-state index in [4.69, 9.17) is 10.5 Å². The van der Waals surface area contributed by atoms with Crippen LogP contribution in [0.5, 0.6) is 0 Å². The number of amides is 1. The summed E-state index contributed by atoms with van der Waals surface area (Å²) >= 11 is 0. The first-order chi connectivity index (χ1) is 9.16. The van der Waals surface area contributed by atoms with Crippen LogP contribution in [0, 0.1) is 11.8 Å². The van der Waals surface area contributed by atoms with Crippen molar-refractivity contribution >= 4 is 5.91 Å². The number of hydrogen-bond acceptors (Lipinski definition) is 4. The highest BCUT2D eigenvalue weighted by molar-refractivity contribution is 5.80. The predicted octanol–water partition coefficient (Wildman–Crippen LogP) is -0.0972. The number of fused-ring (bicyclic) bond motifs is 1. The lowest BCUT2D eigenvalue weighted by molar-refractivity contribution is -0.139. The molecule has 0 saturated carbocycles. The first-order valence-electron chi connectivity index (χ1n) is 7.49. The summed E-state index contributed by atoms with van der Waals surface area (Å²) in [4.78, 5) is 17.0. The molecule has 3 saturated heterocycles. The van der Waals surface area contributed by atoms with Crippen molar-refractivity contribution in [3.8, 4) is 0 Å². The summed E-state index contributed by atoms with van der Waals surface area (Å²) in [7, 11) is 2.22. The van der Waals surface area contributed by atoms with Gasteiger partial charge in [0.2, 0.25) is 5.91 Å². The highest BCUT2D eigenvalue weighted by Crippen LogP contribution is 2.30. The third-order valence-electron chi connectivity index (χ3n) is 5.10. The normalized spacial score (nSPS) is 40.2. The molecule has 5 heteroatoms. The fraction of sp³-hybridized carbons (Fsp3) is 0.929. The number of hydrogen-bond donors (Lipinski definition) is 1. The second-order valence-corrected chi connectivity index (χ2v) is 6.33. The lowest BCUT2D eigenvalue weighted by atomic mass is 9.83. The first-order valence-corrected chi connectivity index (χ1v) is 7.49. The average Bonchev–Trinajstić information content (AvgIpc) is 2.84. The molecule has 3 fully saturated rings. The van der Waals surface area contributed by atoms with Crippen molar-refractivity contribution in [1.82, 2.24) is 9.80 Å². The Bertz CT molecular complexity index is 350. The maximum atomic E-state index is 12.5. The van der Waals surface area contributed by atoms with E-state index in [0.717, 1.165) is 19.5 Å². The topological polar surface area (TPSA) is 58.8 Å². The molecule has 3 aliphatic rings. The summed E-state index contributed by atoms with van der Waals surface area (Å²) in [6, 6.07) is 0.561. The zero-order chi connectivity index (χ0) is 13.4. The maximum absolute atomic E-state index is 12.5. The van der Waals surface area contributed by atoms with Crippen LogP contribution in [0.1, 0.15) is 19.3 Å². The van der Waals surface area contributed by atoms with Crippen molar-refractivity contribution in [3.05, 3.63) is 0 Å². The van der Waals surface area contributed by atoms with Crippen LogP contribution in [0.25, 0.3) is 0 Å². The minimum atomic E-state index is -0.113. The summed E-state index contributed by atoms with van der Waals surface area (Å²) in [6.07, 6.45) is 3.62. The monoisotopic (exact) mass is 267 g/mol. The molecule has 0 bridgehead atoms. The van der Waals surface area contributed by atoms with Crippen LogP contribution in [0.4, 0.5) is 0 Å². The summed E-state index contributed by atoms with van der Waals surface area (Å²) in [5.74, 6) is 0.754. The third kappa shape index (κ3) is 2.51. The summed E-state index contributed by atoms with van der Waals surface area (Å²) in [5.41, 5.74) is 5.96. The molecule has 0 aromatic carbocycles. The standard InChI is InChI=1S/C14H25N3O2/c1-16-5-2-3-10-7-17(6-4-13(10)16)14(18)11-8-19-9-12(11)15/h10-13H,2-9,15H2,1H3. The molecular formula is C14H25N3O2. The molecule has 0 aromatic rings. The molecule has 0 radical (unpaired) electrons. The van der Waals surface area contributed by atoms with Gasteiger partial charge in [0, 0.05) is 25.2 Å². The van der Waals surface area contributed by atoms with Gasteiger partial charge in [0.15, 0.2) is 0 Å². The second kappa shape index (κ2) is 5.38. The lowest BCUT2D eigenvalue weighted by Crippen LogP contribution is -2.55. The number of carbonyl (C=O) groups is 1. The van der Waals surface area contributed by atoms with E-state index < -0.39 is 0 Å². The van der Waals surface area contributed by atoms with E-state index in [-0.39, 0.29) is 17.9 Å². The minimum Gasteiger partial charge on any atom is -0.379 e. The van der Waals surface area contributed by atoms with Gasteiger partial charge in [-0.15, -0.1) is 0 Å². The van der Waals surface area contributed by atoms with E-state index in [0.29, 0.717) is 25.2 Å². The van der Waals surface area contributed by atoms with E-state index >= 15 is 0 Å². The van der Waals surface area contributed by atoms with Crippen molar-refractivity contribution in [2.45, 2.75) is 31.3 Å². The van der Waals surface area contributed by atoms with E-state index in [9.17, 15) is 4.79 Å². The number of nitrogens with zero attached hydrogens (tertiary/aromatic N) is 2. The molecule has 3 aliphatic heterocycles. The van der Waals surface area contributed by atoms with Crippen molar-refractivity contribution in [3.63, 3.8) is 0 Å². The number of likely N-dealkylation sites (tertiary alicyclic amines) is 2. The van der Waals surface area contributed by atoms with Gasteiger partial charge in [0.25, 0.3) is 0 Å². The first kappa shape index (κ1) is 13.3. The van der Waals surface area contributed by atoms with Crippen LogP contribution in [0.3, 0.4) is 0 Å². The van der Waals surface area contributed by atoms with Crippen molar-refractivity contribution < 1.29 is 9.53 Å². The quantitative estimate of drug-likeness (QED) is 0.721. The van der Waals surface area contributed by atoms with Gasteiger partial charge in [-0.3, -0.25) is 4.79 Å². The SMILES string of the molecule is CN1CCCC2CN(C(=O)C3COCC3N)CCC21. The van der Waals surface area contributed by atoms with Crippen molar-refractivity contribution in [1.29, 1.82) is 0 Å². The largest absolute Gasteiger partial charge is 0.379 e. The number of carbonyl (C=O) groups excluding carboxylic acids is 1. The molecule has 3 heterocycles. The lowest BCUT2D eigenvalue weighted by Gasteiger charge is -2.46. The van der Waals surface area contributed by atoms with Gasteiger partial charge in [-0.2, -0.15) is 0 Å². The zero-order valence-corrected chi connectivity index (χ0v) is 11.8. The summed E-state index contributed by atoms with van der Waals surface area (Å²) < 4.78 is 5.32. The Labute approximate surface area is 115 Å². The molecule has 5 nitrogen and oxygen atoms in total. The van der Waals surface area contributed by atoms with E-state index in [1.807, 2.05) is 4.90 Å². The van der Waals surface area contributed by atoms with E-state index in [1.54, 1.807) is 0 Å². The van der Waals surface area contributed by atoms with Crippen molar-refractivity contribution in [2.24, 2.45) is 17.6 Å². The Morgan fingerprint density at radius 1 is 1.26 bits per heavy atom. The molecule has 0 spiro atoms. The molecular weight excluding hydrogens is 242 g/mol. The Balaban J connectivity index is 1.62. The van der Waals surface area contributed by atoms with Gasteiger partial charge in [-0.05, 0) is 38.8 Å². The van der Waals surface area contributed by atoms with Gasteiger partial charge in [-0.25, -0.2) is 0 Å². The average molecular weight is 267 g/mol. The molecule has 0 aliphatic carbocycles. The second-order valence-electron chi connectivity index (χ2n) is 6.33. The fourth-order valence-electron chi connectivity index (χ4n) is 3.91. The van der Waals surface area contributed by atoms with Crippen LogP contribution < -0.4 is 5.73 Å². The molecule has 4 atom stereocenters. The predicted molar refractivity (Wildman–Crippen MR) is 72.6 cm³/mol. The highest BCUT2D eigenvalue weighted by Gasteiger charge is 2.40. The molecule has 19 heavy (non-hydrogen) atoms. The number of nitrogens with two attached hydrogens (primary N) is 1. The number of rotatable bonds is 1. The van der Waals surface area contributed by atoms with Gasteiger partial charge < -0.3 is 20.3 Å². The maximum Gasteiger partial charge on any atom is 0.229 e. The van der Waals surface area contributed by atoms with Gasteiger partial charge in [0.05, 0.1) is 19.1 Å². The highest BCUT2D eigenvalue weighted by atomic mass is 16.5. The van der Waals surface area contributed by atoms with E-state index in [1.165, 1.54) is 19.4 Å². The Morgan fingerprint density at radius 3 is 2.84 bits per heavy atom. The number of piperidine rings is 2. The number of ether oxygens (including phenoxy) is 1. The Morgan fingerprint density at radius 2 is 2.11 bits per heavy atom. The van der Waals surface area contributed by atoms with Gasteiger partial charge >= 0.3 is 0 Å². The van der Waals surface area contributed by atoms with Gasteiger partial charge in [0.1, 0.15) is 0 Å². The van der Waals surface area contributed by atoms with Crippen LogP contribution >= 0.6 is 0 Å². The molecule has 0 aromatic heterocycles. The van der Waals surface area contributed by atoms with E-state index in [2.05, 4.69) is 11.9 Å². The Kier molecular flexibility index (Phi) is 3.78. The van der Waals surface area contributed by atoms with Crippen LogP contribution in [0.2, 0.25) is 0 Å².